The molecule has 1 aliphatic carbocycles. The summed E-state index contributed by atoms with van der Waals surface area (Å²) in [6.45, 7) is 2.14. The van der Waals surface area contributed by atoms with E-state index in [0.717, 1.165) is 5.92 Å². The maximum Gasteiger partial charge on any atom is 0.0543 e. The van der Waals surface area contributed by atoms with Gasteiger partial charge in [-0.3, -0.25) is 0 Å². The summed E-state index contributed by atoms with van der Waals surface area (Å²) in [4.78, 5) is 0. The molecule has 0 aliphatic heterocycles. The highest BCUT2D eigenvalue weighted by molar-refractivity contribution is 4.79. The van der Waals surface area contributed by atoms with Gasteiger partial charge in [0.05, 0.1) is 6.10 Å². The lowest BCUT2D eigenvalue weighted by molar-refractivity contribution is 0.106. The van der Waals surface area contributed by atoms with Crippen LogP contribution in [0.5, 0.6) is 0 Å². The summed E-state index contributed by atoms with van der Waals surface area (Å²) in [6.07, 6.45) is 7.12. The molecule has 1 rings (SSSR count). The minimum absolute atomic E-state index is 0.412. The molecule has 1 N–H and O–H groups in total. The van der Waals surface area contributed by atoms with E-state index in [1.54, 1.807) is 7.11 Å². The quantitative estimate of drug-likeness (QED) is 0.656. The third-order valence-corrected chi connectivity index (χ3v) is 3.05. The summed E-state index contributed by atoms with van der Waals surface area (Å²) in [5.41, 5.74) is 0. The molecule has 2 atom stereocenters. The number of methoxy groups -OCH3 is 1. The van der Waals surface area contributed by atoms with Gasteiger partial charge < -0.3 is 10.1 Å². The molecule has 0 aromatic heterocycles. The second-order valence-corrected chi connectivity index (χ2v) is 4.29. The first-order chi connectivity index (χ1) is 6.26. The molecule has 0 radical (unpaired) electrons. The van der Waals surface area contributed by atoms with E-state index in [9.17, 15) is 0 Å². The predicted molar refractivity (Wildman–Crippen MR) is 55.9 cm³/mol. The Bertz CT molecular complexity index is 134. The second-order valence-electron chi connectivity index (χ2n) is 4.29. The summed E-state index contributed by atoms with van der Waals surface area (Å²) >= 11 is 0. The maximum absolute atomic E-state index is 5.24. The smallest absolute Gasteiger partial charge is 0.0543 e. The fourth-order valence-electron chi connectivity index (χ4n) is 1.69. The molecular weight excluding hydrogens is 162 g/mol. The number of hydrogen-bond donors (Lipinski definition) is 1. The van der Waals surface area contributed by atoms with Crippen LogP contribution in [0.4, 0.5) is 0 Å². The molecule has 0 aromatic rings. The van der Waals surface area contributed by atoms with Crippen LogP contribution < -0.4 is 5.32 Å². The van der Waals surface area contributed by atoms with Gasteiger partial charge in [-0.1, -0.05) is 12.8 Å². The van der Waals surface area contributed by atoms with Gasteiger partial charge in [-0.15, -0.1) is 0 Å². The molecule has 0 heterocycles. The Kier molecular flexibility index (Phi) is 4.74. The van der Waals surface area contributed by atoms with Crippen molar-refractivity contribution in [1.82, 2.24) is 5.32 Å². The highest BCUT2D eigenvalue weighted by Crippen LogP contribution is 2.34. The zero-order valence-electron chi connectivity index (χ0n) is 9.18. The first kappa shape index (κ1) is 11.0. The van der Waals surface area contributed by atoms with E-state index in [1.165, 1.54) is 32.1 Å². The van der Waals surface area contributed by atoms with Gasteiger partial charge in [-0.2, -0.15) is 0 Å². The molecule has 13 heavy (non-hydrogen) atoms. The lowest BCUT2D eigenvalue weighted by atomic mass is 10.0. The molecule has 0 bridgehead atoms. The van der Waals surface area contributed by atoms with Crippen LogP contribution in [0, 0.1) is 5.92 Å². The monoisotopic (exact) mass is 185 g/mol. The molecule has 0 saturated heterocycles. The normalized spacial score (nSPS) is 21.5. The van der Waals surface area contributed by atoms with E-state index >= 15 is 0 Å². The van der Waals surface area contributed by atoms with Gasteiger partial charge in [0.1, 0.15) is 0 Å². The number of nitrogens with one attached hydrogen (secondary N) is 1. The highest BCUT2D eigenvalue weighted by Gasteiger charge is 2.24. The number of ether oxygens (including phenoxy) is 1. The van der Waals surface area contributed by atoms with Crippen molar-refractivity contribution < 1.29 is 4.74 Å². The van der Waals surface area contributed by atoms with Crippen LogP contribution in [-0.2, 0) is 4.74 Å². The minimum atomic E-state index is 0.412. The van der Waals surface area contributed by atoms with Crippen molar-refractivity contribution in [1.29, 1.82) is 0 Å². The molecule has 2 unspecified atom stereocenters. The molecular formula is C11H23NO. The second kappa shape index (κ2) is 5.61. The van der Waals surface area contributed by atoms with E-state index < -0.39 is 0 Å². The molecule has 1 saturated carbocycles. The zero-order valence-corrected chi connectivity index (χ0v) is 9.18. The van der Waals surface area contributed by atoms with Crippen LogP contribution in [0.3, 0.4) is 0 Å². The lowest BCUT2D eigenvalue weighted by Gasteiger charge is -2.17. The van der Waals surface area contributed by atoms with Crippen molar-refractivity contribution in [2.24, 2.45) is 5.92 Å². The molecule has 1 fully saturated rings. The standard InChI is InChI=1S/C11H23NO/c1-9(13-3)4-7-11(12-2)8-10-5-6-10/h9-12H,4-8H2,1-3H3. The van der Waals surface area contributed by atoms with Crippen LogP contribution in [0.1, 0.15) is 39.0 Å². The zero-order chi connectivity index (χ0) is 9.68. The highest BCUT2D eigenvalue weighted by atomic mass is 16.5. The van der Waals surface area contributed by atoms with E-state index in [4.69, 9.17) is 4.74 Å². The van der Waals surface area contributed by atoms with Crippen molar-refractivity contribution in [2.75, 3.05) is 14.2 Å². The molecule has 2 nitrogen and oxygen atoms in total. The molecule has 1 aliphatic rings. The summed E-state index contributed by atoms with van der Waals surface area (Å²) in [5.74, 6) is 1.02. The first-order valence-corrected chi connectivity index (χ1v) is 5.46. The minimum Gasteiger partial charge on any atom is -0.382 e. The third kappa shape index (κ3) is 4.63. The third-order valence-electron chi connectivity index (χ3n) is 3.05. The van der Waals surface area contributed by atoms with Crippen LogP contribution in [0.15, 0.2) is 0 Å². The fraction of sp³-hybridized carbons (Fsp3) is 1.00. The molecule has 0 aromatic carbocycles. The van der Waals surface area contributed by atoms with Crippen molar-refractivity contribution in [3.63, 3.8) is 0 Å². The van der Waals surface area contributed by atoms with Crippen LogP contribution in [0.2, 0.25) is 0 Å². The summed E-state index contributed by atoms with van der Waals surface area (Å²) < 4.78 is 5.24. The predicted octanol–water partition coefficient (Wildman–Crippen LogP) is 2.19. The van der Waals surface area contributed by atoms with Crippen LogP contribution >= 0.6 is 0 Å². The van der Waals surface area contributed by atoms with Gasteiger partial charge in [0.25, 0.3) is 0 Å². The Morgan fingerprint density at radius 3 is 2.54 bits per heavy atom. The van der Waals surface area contributed by atoms with Crippen LogP contribution in [-0.4, -0.2) is 26.3 Å². The average molecular weight is 185 g/mol. The number of rotatable bonds is 7. The first-order valence-electron chi connectivity index (χ1n) is 5.46. The number of hydrogen-bond acceptors (Lipinski definition) is 2. The topological polar surface area (TPSA) is 21.3 Å². The average Bonchev–Trinajstić information content (AvgIpc) is 2.95. The van der Waals surface area contributed by atoms with Crippen molar-refractivity contribution in [3.8, 4) is 0 Å². The van der Waals surface area contributed by atoms with Gasteiger partial charge in [0, 0.05) is 13.2 Å². The molecule has 0 amide bonds. The Balaban J connectivity index is 2.07. The summed E-state index contributed by atoms with van der Waals surface area (Å²) in [5, 5.41) is 3.40. The molecule has 2 heteroatoms. The Hall–Kier alpha value is -0.0800. The van der Waals surface area contributed by atoms with Gasteiger partial charge >= 0.3 is 0 Å². The summed E-state index contributed by atoms with van der Waals surface area (Å²) in [6, 6.07) is 0.713. The van der Waals surface area contributed by atoms with Crippen molar-refractivity contribution >= 4 is 0 Å². The van der Waals surface area contributed by atoms with Crippen LogP contribution in [0.25, 0.3) is 0 Å². The Labute approximate surface area is 82.0 Å². The fourth-order valence-corrected chi connectivity index (χ4v) is 1.69. The Morgan fingerprint density at radius 1 is 1.38 bits per heavy atom. The molecule has 78 valence electrons. The van der Waals surface area contributed by atoms with Crippen molar-refractivity contribution in [2.45, 2.75) is 51.2 Å². The van der Waals surface area contributed by atoms with Gasteiger partial charge in [-0.25, -0.2) is 0 Å². The van der Waals surface area contributed by atoms with Crippen molar-refractivity contribution in [3.05, 3.63) is 0 Å². The summed E-state index contributed by atoms with van der Waals surface area (Å²) in [7, 11) is 3.87. The SMILES string of the molecule is CNC(CCC(C)OC)CC1CC1. The molecule has 0 spiro atoms. The van der Waals surface area contributed by atoms with Gasteiger partial charge in [0.15, 0.2) is 0 Å². The van der Waals surface area contributed by atoms with E-state index in [-0.39, 0.29) is 0 Å². The van der Waals surface area contributed by atoms with E-state index in [1.807, 2.05) is 0 Å². The van der Waals surface area contributed by atoms with Gasteiger partial charge in [-0.05, 0) is 39.2 Å². The Morgan fingerprint density at radius 2 is 2.08 bits per heavy atom. The lowest BCUT2D eigenvalue weighted by Crippen LogP contribution is -2.27. The van der Waals surface area contributed by atoms with E-state index in [2.05, 4.69) is 19.3 Å². The van der Waals surface area contributed by atoms with E-state index in [0.29, 0.717) is 12.1 Å². The largest absolute Gasteiger partial charge is 0.382 e. The van der Waals surface area contributed by atoms with Gasteiger partial charge in [0.2, 0.25) is 0 Å². The maximum atomic E-state index is 5.24.